The molecule has 1 aromatic carbocycles. The molecule has 0 aliphatic carbocycles. The molecule has 0 saturated heterocycles. The van der Waals surface area contributed by atoms with Crippen LogP contribution in [-0.4, -0.2) is 26.3 Å². The fourth-order valence-electron chi connectivity index (χ4n) is 2.26. The Hall–Kier alpha value is -2.60. The van der Waals surface area contributed by atoms with E-state index in [-0.39, 0.29) is 5.91 Å². The molecule has 24 heavy (non-hydrogen) atoms. The van der Waals surface area contributed by atoms with Crippen molar-refractivity contribution < 1.29 is 4.79 Å². The van der Waals surface area contributed by atoms with E-state index >= 15 is 0 Å². The van der Waals surface area contributed by atoms with Gasteiger partial charge in [-0.1, -0.05) is 26.0 Å². The average molecular weight is 338 g/mol. The molecule has 0 spiro atoms. The van der Waals surface area contributed by atoms with E-state index in [2.05, 4.69) is 34.3 Å². The molecule has 5 nitrogen and oxygen atoms in total. The highest BCUT2D eigenvalue weighted by Crippen LogP contribution is 2.26. The van der Waals surface area contributed by atoms with Crippen molar-refractivity contribution >= 4 is 23.4 Å². The number of anilines is 1. The number of pyridine rings is 1. The quantitative estimate of drug-likeness (QED) is 0.683. The van der Waals surface area contributed by atoms with Gasteiger partial charge in [-0.25, -0.2) is 4.98 Å². The second-order valence-electron chi connectivity index (χ2n) is 5.53. The van der Waals surface area contributed by atoms with E-state index in [1.54, 1.807) is 36.3 Å². The van der Waals surface area contributed by atoms with E-state index in [1.165, 1.54) is 0 Å². The van der Waals surface area contributed by atoms with Crippen molar-refractivity contribution in [3.8, 4) is 11.3 Å². The molecular formula is C18H18N4OS. The van der Waals surface area contributed by atoms with E-state index < -0.39 is 0 Å². The molecule has 2 heterocycles. The molecule has 0 unspecified atom stereocenters. The van der Waals surface area contributed by atoms with Crippen molar-refractivity contribution in [3.63, 3.8) is 0 Å². The first-order valence-corrected chi connectivity index (χ1v) is 8.54. The molecule has 0 aliphatic rings. The molecule has 0 atom stereocenters. The van der Waals surface area contributed by atoms with Crippen LogP contribution < -0.4 is 5.32 Å². The van der Waals surface area contributed by atoms with Gasteiger partial charge in [0, 0.05) is 28.9 Å². The number of nitrogens with zero attached hydrogens (tertiary/aromatic N) is 2. The summed E-state index contributed by atoms with van der Waals surface area (Å²) < 4.78 is 0. The summed E-state index contributed by atoms with van der Waals surface area (Å²) in [5, 5.41) is 10.9. The number of aromatic nitrogens is 3. The lowest BCUT2D eigenvalue weighted by Gasteiger charge is -2.11. The lowest BCUT2D eigenvalue weighted by Crippen LogP contribution is -2.14. The van der Waals surface area contributed by atoms with Gasteiger partial charge >= 0.3 is 0 Å². The number of carbonyl (C=O) groups excluding carboxylic acids is 1. The molecule has 0 saturated carbocycles. The van der Waals surface area contributed by atoms with E-state index in [0.29, 0.717) is 10.8 Å². The lowest BCUT2D eigenvalue weighted by atomic mass is 10.1. The van der Waals surface area contributed by atoms with Gasteiger partial charge in [0.2, 0.25) is 0 Å². The highest BCUT2D eigenvalue weighted by Gasteiger charge is 2.14. The van der Waals surface area contributed by atoms with Crippen molar-refractivity contribution in [1.82, 2.24) is 15.2 Å². The Morgan fingerprint density at radius 2 is 2.04 bits per heavy atom. The zero-order valence-corrected chi connectivity index (χ0v) is 14.3. The first-order chi connectivity index (χ1) is 11.6. The fourth-order valence-corrected chi connectivity index (χ4v) is 3.12. The number of benzene rings is 1. The highest BCUT2D eigenvalue weighted by molar-refractivity contribution is 7.99. The van der Waals surface area contributed by atoms with Crippen LogP contribution in [0.2, 0.25) is 0 Å². The largest absolute Gasteiger partial charge is 0.322 e. The van der Waals surface area contributed by atoms with Crippen LogP contribution in [0.3, 0.4) is 0 Å². The Kier molecular flexibility index (Phi) is 4.96. The zero-order valence-electron chi connectivity index (χ0n) is 13.5. The standard InChI is InChI=1S/C18H18N4OS/c1-12(2)24-18-15(7-4-9-19-18)17(23)21-14-6-3-5-13(11-14)16-8-10-20-22-16/h3-12H,1-2H3,(H,20,22)(H,21,23). The number of amides is 1. The second kappa shape index (κ2) is 7.31. The molecule has 6 heteroatoms. The summed E-state index contributed by atoms with van der Waals surface area (Å²) in [6.07, 6.45) is 3.41. The summed E-state index contributed by atoms with van der Waals surface area (Å²) in [5.41, 5.74) is 3.19. The number of thioether (sulfide) groups is 1. The van der Waals surface area contributed by atoms with Crippen LogP contribution in [0.25, 0.3) is 11.3 Å². The van der Waals surface area contributed by atoms with Gasteiger partial charge in [0.25, 0.3) is 5.91 Å². The lowest BCUT2D eigenvalue weighted by molar-refractivity contribution is 0.102. The third kappa shape index (κ3) is 3.83. The van der Waals surface area contributed by atoms with Crippen LogP contribution in [0.1, 0.15) is 24.2 Å². The number of H-pyrrole nitrogens is 1. The second-order valence-corrected chi connectivity index (χ2v) is 7.09. The van der Waals surface area contributed by atoms with E-state index in [1.807, 2.05) is 30.3 Å². The summed E-state index contributed by atoms with van der Waals surface area (Å²) in [6, 6.07) is 13.1. The smallest absolute Gasteiger partial charge is 0.258 e. The summed E-state index contributed by atoms with van der Waals surface area (Å²) in [5.74, 6) is -0.159. The summed E-state index contributed by atoms with van der Waals surface area (Å²) >= 11 is 1.58. The van der Waals surface area contributed by atoms with E-state index in [9.17, 15) is 4.79 Å². The summed E-state index contributed by atoms with van der Waals surface area (Å²) in [4.78, 5) is 17.0. The fraction of sp³-hybridized carbons (Fsp3) is 0.167. The maximum Gasteiger partial charge on any atom is 0.258 e. The van der Waals surface area contributed by atoms with Gasteiger partial charge in [-0.05, 0) is 30.3 Å². The van der Waals surface area contributed by atoms with Crippen LogP contribution in [0.15, 0.2) is 59.9 Å². The molecule has 0 radical (unpaired) electrons. The topological polar surface area (TPSA) is 70.7 Å². The van der Waals surface area contributed by atoms with Crippen molar-refractivity contribution in [1.29, 1.82) is 0 Å². The minimum atomic E-state index is -0.159. The van der Waals surface area contributed by atoms with E-state index in [0.717, 1.165) is 22.0 Å². The Labute approximate surface area is 144 Å². The maximum atomic E-state index is 12.6. The molecule has 3 aromatic rings. The number of aromatic amines is 1. The Morgan fingerprint density at radius 3 is 2.79 bits per heavy atom. The molecule has 1 amide bonds. The summed E-state index contributed by atoms with van der Waals surface area (Å²) in [7, 11) is 0. The monoisotopic (exact) mass is 338 g/mol. The Morgan fingerprint density at radius 1 is 1.17 bits per heavy atom. The molecule has 0 fully saturated rings. The maximum absolute atomic E-state index is 12.6. The van der Waals surface area contributed by atoms with Gasteiger partial charge in [-0.15, -0.1) is 11.8 Å². The van der Waals surface area contributed by atoms with Crippen LogP contribution in [0, 0.1) is 0 Å². The number of hydrogen-bond donors (Lipinski definition) is 2. The molecular weight excluding hydrogens is 320 g/mol. The normalized spacial score (nSPS) is 10.8. The van der Waals surface area contributed by atoms with Crippen molar-refractivity contribution in [2.24, 2.45) is 0 Å². The molecule has 3 rings (SSSR count). The predicted octanol–water partition coefficient (Wildman–Crippen LogP) is 4.22. The third-order valence-electron chi connectivity index (χ3n) is 3.30. The Balaban J connectivity index is 1.82. The van der Waals surface area contributed by atoms with Crippen LogP contribution in [-0.2, 0) is 0 Å². The average Bonchev–Trinajstić information content (AvgIpc) is 3.09. The van der Waals surface area contributed by atoms with Crippen LogP contribution in [0.5, 0.6) is 0 Å². The highest BCUT2D eigenvalue weighted by atomic mass is 32.2. The van der Waals surface area contributed by atoms with Gasteiger partial charge in [-0.2, -0.15) is 5.10 Å². The minimum absolute atomic E-state index is 0.159. The van der Waals surface area contributed by atoms with Crippen molar-refractivity contribution in [2.75, 3.05) is 5.32 Å². The van der Waals surface area contributed by atoms with Crippen LogP contribution >= 0.6 is 11.8 Å². The zero-order chi connectivity index (χ0) is 16.9. The van der Waals surface area contributed by atoms with Crippen LogP contribution in [0.4, 0.5) is 5.69 Å². The molecule has 2 N–H and O–H groups in total. The molecule has 0 bridgehead atoms. The van der Waals surface area contributed by atoms with Gasteiger partial charge < -0.3 is 5.32 Å². The number of nitrogens with one attached hydrogen (secondary N) is 2. The number of carbonyl (C=O) groups is 1. The Bertz CT molecular complexity index is 831. The van der Waals surface area contributed by atoms with Crippen molar-refractivity contribution in [2.45, 2.75) is 24.1 Å². The van der Waals surface area contributed by atoms with Gasteiger partial charge in [-0.3, -0.25) is 9.89 Å². The first kappa shape index (κ1) is 16.3. The molecule has 2 aromatic heterocycles. The van der Waals surface area contributed by atoms with Gasteiger partial charge in [0.1, 0.15) is 5.03 Å². The number of hydrogen-bond acceptors (Lipinski definition) is 4. The number of rotatable bonds is 5. The molecule has 0 aliphatic heterocycles. The predicted molar refractivity (Wildman–Crippen MR) is 97.2 cm³/mol. The van der Waals surface area contributed by atoms with E-state index in [4.69, 9.17) is 0 Å². The SMILES string of the molecule is CC(C)Sc1ncccc1C(=O)Nc1cccc(-c2ccn[nH]2)c1. The molecule has 122 valence electrons. The van der Waals surface area contributed by atoms with Crippen molar-refractivity contribution in [3.05, 3.63) is 60.4 Å². The first-order valence-electron chi connectivity index (χ1n) is 7.66. The minimum Gasteiger partial charge on any atom is -0.322 e. The third-order valence-corrected chi connectivity index (χ3v) is 4.32. The van der Waals surface area contributed by atoms with Gasteiger partial charge in [0.15, 0.2) is 0 Å². The summed E-state index contributed by atoms with van der Waals surface area (Å²) in [6.45, 7) is 4.16. The van der Waals surface area contributed by atoms with Gasteiger partial charge in [0.05, 0.1) is 11.3 Å².